The van der Waals surface area contributed by atoms with E-state index in [2.05, 4.69) is 0 Å². The van der Waals surface area contributed by atoms with Crippen LogP contribution >= 0.6 is 22.9 Å². The average molecular weight is 364 g/mol. The number of sulfonamides is 1. The Labute approximate surface area is 137 Å². The minimum Gasteiger partial charge on any atom is -0.475 e. The molecule has 0 radical (unpaired) electrons. The zero-order chi connectivity index (χ0) is 16.5. The molecule has 2 aromatic rings. The van der Waals surface area contributed by atoms with Crippen molar-refractivity contribution in [3.63, 3.8) is 0 Å². The van der Waals surface area contributed by atoms with Crippen LogP contribution in [0.1, 0.15) is 28.1 Å². The van der Waals surface area contributed by atoms with E-state index in [1.807, 2.05) is 0 Å². The van der Waals surface area contributed by atoms with Gasteiger partial charge in [-0.3, -0.25) is 0 Å². The van der Waals surface area contributed by atoms with Gasteiger partial charge in [0.2, 0.25) is 15.8 Å². The van der Waals surface area contributed by atoms with Crippen molar-refractivity contribution in [2.24, 2.45) is 0 Å². The number of hydrogen-bond donors (Lipinski definition) is 1. The third kappa shape index (κ3) is 3.35. The van der Waals surface area contributed by atoms with Gasteiger partial charge in [-0.2, -0.15) is 4.31 Å². The monoisotopic (exact) mass is 363 g/mol. The molecule has 0 aliphatic heterocycles. The SMILES string of the molecule is CCN(Cc1ccc(Cl)s1)S(=O)(=O)c1cc(C(=O)O)oc1C. The van der Waals surface area contributed by atoms with E-state index >= 15 is 0 Å². The highest BCUT2D eigenvalue weighted by Crippen LogP contribution is 2.28. The molecule has 1 N–H and O–H groups in total. The molecule has 22 heavy (non-hydrogen) atoms. The summed E-state index contributed by atoms with van der Waals surface area (Å²) in [6, 6.07) is 4.50. The summed E-state index contributed by atoms with van der Waals surface area (Å²) in [5.41, 5.74) is 0. The Bertz CT molecular complexity index is 793. The van der Waals surface area contributed by atoms with Gasteiger partial charge >= 0.3 is 5.97 Å². The van der Waals surface area contributed by atoms with Crippen molar-refractivity contribution < 1.29 is 22.7 Å². The maximum atomic E-state index is 12.7. The Kier molecular flexibility index (Phi) is 4.96. The van der Waals surface area contributed by atoms with Crippen LogP contribution in [0.15, 0.2) is 27.5 Å². The zero-order valence-electron chi connectivity index (χ0n) is 11.9. The van der Waals surface area contributed by atoms with E-state index in [-0.39, 0.29) is 23.7 Å². The van der Waals surface area contributed by atoms with E-state index < -0.39 is 21.8 Å². The Morgan fingerprint density at radius 2 is 2.14 bits per heavy atom. The topological polar surface area (TPSA) is 87.8 Å². The van der Waals surface area contributed by atoms with Gasteiger partial charge in [0.05, 0.1) is 4.34 Å². The maximum Gasteiger partial charge on any atom is 0.371 e. The molecule has 0 aliphatic rings. The number of halogens is 1. The lowest BCUT2D eigenvalue weighted by atomic mass is 10.4. The Morgan fingerprint density at radius 3 is 2.59 bits per heavy atom. The number of rotatable bonds is 6. The predicted octanol–water partition coefficient (Wildman–Crippen LogP) is 3.21. The van der Waals surface area contributed by atoms with E-state index in [9.17, 15) is 13.2 Å². The van der Waals surface area contributed by atoms with Crippen molar-refractivity contribution in [3.8, 4) is 0 Å². The third-order valence-corrected chi connectivity index (χ3v) is 6.26. The molecular formula is C13H14ClNO5S2. The maximum absolute atomic E-state index is 12.7. The second kappa shape index (κ2) is 6.41. The molecule has 0 atom stereocenters. The van der Waals surface area contributed by atoms with Crippen LogP contribution in [0.25, 0.3) is 0 Å². The number of furan rings is 1. The van der Waals surface area contributed by atoms with Crippen LogP contribution in [0, 0.1) is 6.92 Å². The molecule has 0 unspecified atom stereocenters. The molecule has 6 nitrogen and oxygen atoms in total. The van der Waals surface area contributed by atoms with Gasteiger partial charge in [0, 0.05) is 24.0 Å². The molecule has 9 heteroatoms. The van der Waals surface area contributed by atoms with Gasteiger partial charge in [0.25, 0.3) is 0 Å². The molecule has 120 valence electrons. The summed E-state index contributed by atoms with van der Waals surface area (Å²) < 4.78 is 32.2. The normalized spacial score (nSPS) is 12.0. The smallest absolute Gasteiger partial charge is 0.371 e. The summed E-state index contributed by atoms with van der Waals surface area (Å²) in [5, 5.41) is 8.91. The number of carboxylic acid groups (broad SMARTS) is 1. The first-order valence-corrected chi connectivity index (χ1v) is 8.97. The molecule has 0 saturated carbocycles. The lowest BCUT2D eigenvalue weighted by molar-refractivity contribution is 0.0661. The number of aryl methyl sites for hydroxylation is 1. The van der Waals surface area contributed by atoms with Gasteiger partial charge in [-0.1, -0.05) is 18.5 Å². The van der Waals surface area contributed by atoms with E-state index in [0.717, 1.165) is 10.9 Å². The summed E-state index contributed by atoms with van der Waals surface area (Å²) in [5.74, 6) is -1.65. The van der Waals surface area contributed by atoms with Crippen molar-refractivity contribution in [3.05, 3.63) is 38.9 Å². The number of carboxylic acids is 1. The predicted molar refractivity (Wildman–Crippen MR) is 83.0 cm³/mol. The summed E-state index contributed by atoms with van der Waals surface area (Å²) in [7, 11) is -3.84. The Hall–Kier alpha value is -1.35. The minimum atomic E-state index is -3.84. The van der Waals surface area contributed by atoms with Gasteiger partial charge in [-0.15, -0.1) is 11.3 Å². The summed E-state index contributed by atoms with van der Waals surface area (Å²) in [6.45, 7) is 3.55. The zero-order valence-corrected chi connectivity index (χ0v) is 14.3. The summed E-state index contributed by atoms with van der Waals surface area (Å²) in [4.78, 5) is 11.6. The minimum absolute atomic E-state index is 0.0556. The highest BCUT2D eigenvalue weighted by atomic mass is 35.5. The van der Waals surface area contributed by atoms with Crippen molar-refractivity contribution >= 4 is 38.9 Å². The average Bonchev–Trinajstić information content (AvgIpc) is 3.02. The van der Waals surface area contributed by atoms with Crippen molar-refractivity contribution in [1.82, 2.24) is 4.31 Å². The van der Waals surface area contributed by atoms with E-state index in [4.69, 9.17) is 21.1 Å². The van der Waals surface area contributed by atoms with Gasteiger partial charge in [0.15, 0.2) is 0 Å². The van der Waals surface area contributed by atoms with Crippen LogP contribution in [-0.2, 0) is 16.6 Å². The van der Waals surface area contributed by atoms with Crippen LogP contribution in [0.5, 0.6) is 0 Å². The first-order valence-electron chi connectivity index (χ1n) is 6.33. The Morgan fingerprint density at radius 1 is 1.45 bits per heavy atom. The van der Waals surface area contributed by atoms with Crippen LogP contribution in [0.4, 0.5) is 0 Å². The summed E-state index contributed by atoms with van der Waals surface area (Å²) in [6.07, 6.45) is 0. The van der Waals surface area contributed by atoms with Crippen LogP contribution in [0.3, 0.4) is 0 Å². The fourth-order valence-electron chi connectivity index (χ4n) is 1.94. The quantitative estimate of drug-likeness (QED) is 0.851. The first kappa shape index (κ1) is 17.0. The van der Waals surface area contributed by atoms with Gasteiger partial charge in [0.1, 0.15) is 10.7 Å². The van der Waals surface area contributed by atoms with Gasteiger partial charge < -0.3 is 9.52 Å². The van der Waals surface area contributed by atoms with Crippen LogP contribution in [-0.4, -0.2) is 30.3 Å². The lowest BCUT2D eigenvalue weighted by Gasteiger charge is -2.19. The molecule has 0 aromatic carbocycles. The molecule has 0 bridgehead atoms. The molecular weight excluding hydrogens is 350 g/mol. The fourth-order valence-corrected chi connectivity index (χ4v) is 4.72. The molecule has 2 aromatic heterocycles. The molecule has 0 aliphatic carbocycles. The number of nitrogens with zero attached hydrogens (tertiary/aromatic N) is 1. The lowest BCUT2D eigenvalue weighted by Crippen LogP contribution is -2.30. The standard InChI is InChI=1S/C13H14ClNO5S2/c1-3-15(7-9-4-5-12(14)21-9)22(18,19)11-6-10(13(16)17)20-8(11)2/h4-6H,3,7H2,1-2H3,(H,16,17). The largest absolute Gasteiger partial charge is 0.475 e. The highest BCUT2D eigenvalue weighted by Gasteiger charge is 2.29. The van der Waals surface area contributed by atoms with E-state index in [1.54, 1.807) is 19.1 Å². The molecule has 0 amide bonds. The number of carbonyl (C=O) groups is 1. The van der Waals surface area contributed by atoms with E-state index in [1.165, 1.54) is 22.6 Å². The van der Waals surface area contributed by atoms with Gasteiger partial charge in [-0.05, 0) is 19.1 Å². The number of thiophene rings is 1. The summed E-state index contributed by atoms with van der Waals surface area (Å²) >= 11 is 7.15. The second-order valence-corrected chi connectivity index (χ2v) is 8.18. The molecule has 0 fully saturated rings. The van der Waals surface area contributed by atoms with E-state index in [0.29, 0.717) is 4.34 Å². The Balaban J connectivity index is 2.36. The number of hydrogen-bond acceptors (Lipinski definition) is 5. The molecule has 2 heterocycles. The van der Waals surface area contributed by atoms with Crippen molar-refractivity contribution in [2.45, 2.75) is 25.3 Å². The van der Waals surface area contributed by atoms with Crippen LogP contribution in [0.2, 0.25) is 4.34 Å². The van der Waals surface area contributed by atoms with Crippen molar-refractivity contribution in [2.75, 3.05) is 6.54 Å². The molecule has 0 saturated heterocycles. The van der Waals surface area contributed by atoms with Crippen LogP contribution < -0.4 is 0 Å². The molecule has 2 rings (SSSR count). The first-order chi connectivity index (χ1) is 10.3. The van der Waals surface area contributed by atoms with Crippen molar-refractivity contribution in [1.29, 1.82) is 0 Å². The third-order valence-electron chi connectivity index (χ3n) is 3.01. The number of aromatic carboxylic acids is 1. The highest BCUT2D eigenvalue weighted by molar-refractivity contribution is 7.89. The fraction of sp³-hybridized carbons (Fsp3) is 0.308. The molecule has 0 spiro atoms. The second-order valence-electron chi connectivity index (χ2n) is 4.47. The van der Waals surface area contributed by atoms with Gasteiger partial charge in [-0.25, -0.2) is 13.2 Å².